The van der Waals surface area contributed by atoms with Crippen molar-refractivity contribution in [2.75, 3.05) is 40.8 Å². The summed E-state index contributed by atoms with van der Waals surface area (Å²) in [6, 6.07) is 9.43. The molecular weight excluding hydrogens is 412 g/mol. The zero-order valence-electron chi connectivity index (χ0n) is 17.6. The van der Waals surface area contributed by atoms with Crippen molar-refractivity contribution in [3.8, 4) is 17.2 Å². The number of nitrogens with zero attached hydrogens (tertiary/aromatic N) is 1. The molecule has 0 saturated heterocycles. The lowest BCUT2D eigenvalue weighted by Gasteiger charge is -2.15. The van der Waals surface area contributed by atoms with E-state index in [0.29, 0.717) is 29.4 Å². The number of carbonyl (C=O) groups excluding carboxylic acids is 1. The van der Waals surface area contributed by atoms with Gasteiger partial charge in [0.15, 0.2) is 11.5 Å². The predicted octanol–water partition coefficient (Wildman–Crippen LogP) is 2.47. The van der Waals surface area contributed by atoms with Gasteiger partial charge in [0.25, 0.3) is 10.0 Å². The molecule has 2 aromatic rings. The monoisotopic (exact) mass is 438 g/mol. The fraction of sp³-hybridized carbons (Fsp3) is 0.350. The van der Waals surface area contributed by atoms with Crippen LogP contribution in [0.4, 0.5) is 5.69 Å². The van der Waals surface area contributed by atoms with E-state index < -0.39 is 10.0 Å². The molecule has 0 atom stereocenters. The van der Waals surface area contributed by atoms with Crippen molar-refractivity contribution in [1.29, 1.82) is 0 Å². The van der Waals surface area contributed by atoms with Gasteiger partial charge in [0.2, 0.25) is 11.7 Å². The van der Waals surface area contributed by atoms with Crippen LogP contribution in [0.1, 0.15) is 12.0 Å². The lowest BCUT2D eigenvalue weighted by Crippen LogP contribution is -2.25. The Morgan fingerprint density at radius 1 is 0.967 bits per heavy atom. The van der Waals surface area contributed by atoms with Gasteiger partial charge >= 0.3 is 0 Å². The lowest BCUT2D eigenvalue weighted by molar-refractivity contribution is -0.116. The van der Waals surface area contributed by atoms with Crippen molar-refractivity contribution < 1.29 is 32.3 Å². The van der Waals surface area contributed by atoms with E-state index in [0.717, 1.165) is 10.0 Å². The van der Waals surface area contributed by atoms with Crippen molar-refractivity contribution >= 4 is 21.6 Å². The molecule has 2 aromatic carbocycles. The molecule has 1 amide bonds. The van der Waals surface area contributed by atoms with Gasteiger partial charge in [-0.05, 0) is 48.4 Å². The van der Waals surface area contributed by atoms with E-state index in [4.69, 9.17) is 19.0 Å². The number of anilines is 1. The highest BCUT2D eigenvalue weighted by Crippen LogP contribution is 2.38. The molecule has 0 bridgehead atoms. The van der Waals surface area contributed by atoms with Crippen LogP contribution in [0.3, 0.4) is 0 Å². The van der Waals surface area contributed by atoms with Gasteiger partial charge in [-0.3, -0.25) is 9.63 Å². The molecule has 2 rings (SSSR count). The summed E-state index contributed by atoms with van der Waals surface area (Å²) < 4.78 is 41.1. The number of amides is 1. The summed E-state index contributed by atoms with van der Waals surface area (Å²) in [6.45, 7) is 0. The molecular formula is C20H26N2O7S. The van der Waals surface area contributed by atoms with E-state index in [1.807, 2.05) is 0 Å². The number of carbonyl (C=O) groups is 1. The molecule has 0 saturated carbocycles. The highest BCUT2D eigenvalue weighted by atomic mass is 32.2. The second-order valence-corrected chi connectivity index (χ2v) is 8.14. The minimum atomic E-state index is -3.74. The van der Waals surface area contributed by atoms with E-state index in [9.17, 15) is 13.2 Å². The summed E-state index contributed by atoms with van der Waals surface area (Å²) in [5.41, 5.74) is 1.34. The van der Waals surface area contributed by atoms with Gasteiger partial charge in [0, 0.05) is 19.2 Å². The molecule has 0 radical (unpaired) electrons. The van der Waals surface area contributed by atoms with E-state index in [1.54, 1.807) is 12.1 Å². The average molecular weight is 439 g/mol. The topological polar surface area (TPSA) is 103 Å². The average Bonchev–Trinajstić information content (AvgIpc) is 2.76. The van der Waals surface area contributed by atoms with Crippen LogP contribution in [0.25, 0.3) is 0 Å². The summed E-state index contributed by atoms with van der Waals surface area (Å²) in [6.07, 6.45) is 0.665. The maximum Gasteiger partial charge on any atom is 0.264 e. The molecule has 0 aromatic heterocycles. The highest BCUT2D eigenvalue weighted by Gasteiger charge is 2.20. The van der Waals surface area contributed by atoms with Crippen LogP contribution in [-0.2, 0) is 26.1 Å². The van der Waals surface area contributed by atoms with Gasteiger partial charge in [-0.2, -0.15) is 0 Å². The third-order valence-electron chi connectivity index (χ3n) is 4.40. The van der Waals surface area contributed by atoms with Crippen molar-refractivity contribution in [2.45, 2.75) is 17.7 Å². The molecule has 10 heteroatoms. The van der Waals surface area contributed by atoms with E-state index in [2.05, 4.69) is 5.32 Å². The fourth-order valence-corrected chi connectivity index (χ4v) is 3.69. The van der Waals surface area contributed by atoms with Gasteiger partial charge < -0.3 is 19.5 Å². The van der Waals surface area contributed by atoms with Crippen LogP contribution >= 0.6 is 0 Å². The Morgan fingerprint density at radius 3 is 2.00 bits per heavy atom. The quantitative estimate of drug-likeness (QED) is 0.568. The summed E-state index contributed by atoms with van der Waals surface area (Å²) >= 11 is 0. The van der Waals surface area contributed by atoms with E-state index >= 15 is 0 Å². The minimum Gasteiger partial charge on any atom is -0.493 e. The van der Waals surface area contributed by atoms with Crippen LogP contribution in [0.5, 0.6) is 17.2 Å². The molecule has 0 unspecified atom stereocenters. The van der Waals surface area contributed by atoms with Crippen LogP contribution < -0.4 is 19.5 Å². The van der Waals surface area contributed by atoms with Gasteiger partial charge in [0.05, 0.1) is 33.3 Å². The first-order valence-electron chi connectivity index (χ1n) is 8.98. The van der Waals surface area contributed by atoms with Crippen molar-refractivity contribution in [3.05, 3.63) is 42.0 Å². The Hall–Kier alpha value is -2.82. The number of ether oxygens (including phenoxy) is 3. The molecule has 0 spiro atoms. The Kier molecular flexibility index (Phi) is 8.04. The maximum atomic E-state index is 12.3. The maximum absolute atomic E-state index is 12.3. The number of aryl methyl sites for hydroxylation is 1. The van der Waals surface area contributed by atoms with Crippen molar-refractivity contribution in [3.63, 3.8) is 0 Å². The number of hydrogen-bond acceptors (Lipinski definition) is 7. The van der Waals surface area contributed by atoms with Crippen molar-refractivity contribution in [2.24, 2.45) is 0 Å². The van der Waals surface area contributed by atoms with E-state index in [1.165, 1.54) is 59.8 Å². The largest absolute Gasteiger partial charge is 0.493 e. The molecule has 164 valence electrons. The third kappa shape index (κ3) is 5.41. The van der Waals surface area contributed by atoms with Crippen molar-refractivity contribution in [1.82, 2.24) is 4.47 Å². The number of hydrogen-bond donors (Lipinski definition) is 1. The first-order chi connectivity index (χ1) is 14.3. The number of rotatable bonds is 10. The summed E-state index contributed by atoms with van der Waals surface area (Å²) in [5, 5.41) is 2.75. The Balaban J connectivity index is 2.03. The SMILES string of the molecule is COc1cc(CCC(=O)Nc2ccc(S(=O)(=O)N(C)OC)cc2)cc(OC)c1OC. The Bertz CT molecular complexity index is 950. The lowest BCUT2D eigenvalue weighted by atomic mass is 10.1. The summed E-state index contributed by atoms with van der Waals surface area (Å²) in [4.78, 5) is 17.1. The van der Waals surface area contributed by atoms with Crippen LogP contribution in [0.15, 0.2) is 41.3 Å². The smallest absolute Gasteiger partial charge is 0.264 e. The molecule has 1 N–H and O–H groups in total. The Labute approximate surface area is 176 Å². The van der Waals surface area contributed by atoms with Gasteiger partial charge in [-0.15, -0.1) is 0 Å². The molecule has 0 aliphatic rings. The van der Waals surface area contributed by atoms with E-state index in [-0.39, 0.29) is 17.2 Å². The van der Waals surface area contributed by atoms with Crippen LogP contribution in [0, 0.1) is 0 Å². The molecule has 0 aliphatic carbocycles. The molecule has 0 fully saturated rings. The van der Waals surface area contributed by atoms with Gasteiger partial charge in [-0.25, -0.2) is 8.42 Å². The number of nitrogens with one attached hydrogen (secondary N) is 1. The number of sulfonamides is 1. The minimum absolute atomic E-state index is 0.0577. The first-order valence-corrected chi connectivity index (χ1v) is 10.4. The molecule has 30 heavy (non-hydrogen) atoms. The summed E-state index contributed by atoms with van der Waals surface area (Å²) in [7, 11) is 3.41. The zero-order valence-corrected chi connectivity index (χ0v) is 18.4. The molecule has 0 heterocycles. The number of methoxy groups -OCH3 is 3. The van der Waals surface area contributed by atoms with Gasteiger partial charge in [-0.1, -0.05) is 4.47 Å². The molecule has 9 nitrogen and oxygen atoms in total. The normalized spacial score (nSPS) is 11.3. The molecule has 0 aliphatic heterocycles. The zero-order chi connectivity index (χ0) is 22.3. The predicted molar refractivity (Wildman–Crippen MR) is 111 cm³/mol. The highest BCUT2D eigenvalue weighted by molar-refractivity contribution is 7.89. The second-order valence-electron chi connectivity index (χ2n) is 6.20. The Morgan fingerprint density at radius 2 is 1.53 bits per heavy atom. The first kappa shape index (κ1) is 23.5. The second kappa shape index (κ2) is 10.3. The number of hydroxylamine groups is 1. The number of benzene rings is 2. The fourth-order valence-electron chi connectivity index (χ4n) is 2.72. The van der Waals surface area contributed by atoms with Crippen LogP contribution in [0.2, 0.25) is 0 Å². The summed E-state index contributed by atoms with van der Waals surface area (Å²) in [5.74, 6) is 1.31. The third-order valence-corrected chi connectivity index (χ3v) is 6.09. The van der Waals surface area contributed by atoms with Crippen LogP contribution in [-0.4, -0.2) is 54.3 Å². The standard InChI is InChI=1S/C20H26N2O7S/c1-22(29-5)30(24,25)16-9-7-15(8-10-16)21-19(23)11-6-14-12-17(26-2)20(28-4)18(13-14)27-3/h7-10,12-13H,6,11H2,1-5H3,(H,21,23). The van der Waals surface area contributed by atoms with Gasteiger partial charge in [0.1, 0.15) is 0 Å².